The van der Waals surface area contributed by atoms with Crippen molar-refractivity contribution in [1.29, 1.82) is 0 Å². The molecule has 0 N–H and O–H groups in total. The number of fused-ring (bicyclic) bond motifs is 1. The minimum atomic E-state index is 0.325. The van der Waals surface area contributed by atoms with E-state index in [1.165, 1.54) is 0 Å². The average molecular weight is 344 g/mol. The van der Waals surface area contributed by atoms with Crippen molar-refractivity contribution in [3.63, 3.8) is 0 Å². The van der Waals surface area contributed by atoms with Crippen LogP contribution in [0.1, 0.15) is 18.4 Å². The van der Waals surface area contributed by atoms with Gasteiger partial charge in [0.25, 0.3) is 0 Å². The summed E-state index contributed by atoms with van der Waals surface area (Å²) in [4.78, 5) is 16.1. The Morgan fingerprint density at radius 3 is 3.00 bits per heavy atom. The van der Waals surface area contributed by atoms with Gasteiger partial charge in [-0.2, -0.15) is 0 Å². The van der Waals surface area contributed by atoms with Gasteiger partial charge in [-0.25, -0.2) is 0 Å². The van der Waals surface area contributed by atoms with Gasteiger partial charge in [0.1, 0.15) is 0 Å². The predicted molar refractivity (Wildman–Crippen MR) is 79.2 cm³/mol. The summed E-state index contributed by atoms with van der Waals surface area (Å²) in [5.74, 6) is 0.325. The second-order valence-electron chi connectivity index (χ2n) is 5.25. The Bertz CT molecular complexity index is 508. The molecule has 3 rings (SSSR count). The average Bonchev–Trinajstić information content (AvgIpc) is 2.74. The predicted octanol–water partition coefficient (Wildman–Crippen LogP) is 2.91. The van der Waals surface area contributed by atoms with Crippen molar-refractivity contribution in [2.24, 2.45) is 0 Å². The van der Waals surface area contributed by atoms with Crippen LogP contribution in [-0.2, 0) is 11.3 Å². The fraction of sp³-hybridized carbons (Fsp3) is 0.500. The van der Waals surface area contributed by atoms with E-state index in [1.807, 2.05) is 17.0 Å². The molecule has 0 aromatic heterocycles. The molecule has 1 unspecified atom stereocenters. The van der Waals surface area contributed by atoms with Gasteiger partial charge in [-0.1, -0.05) is 33.6 Å². The van der Waals surface area contributed by atoms with Crippen LogP contribution in [0.4, 0.5) is 0 Å². The monoisotopic (exact) mass is 342 g/mol. The number of piperazine rings is 1. The Hall–Kier alpha value is -0.580. The van der Waals surface area contributed by atoms with Gasteiger partial charge >= 0.3 is 0 Å². The topological polar surface area (TPSA) is 23.6 Å². The largest absolute Gasteiger partial charge is 0.337 e. The van der Waals surface area contributed by atoms with Crippen molar-refractivity contribution < 1.29 is 4.79 Å². The van der Waals surface area contributed by atoms with Crippen LogP contribution in [0, 0.1) is 0 Å². The van der Waals surface area contributed by atoms with E-state index >= 15 is 0 Å². The zero-order valence-corrected chi connectivity index (χ0v) is 13.0. The van der Waals surface area contributed by atoms with Crippen molar-refractivity contribution in [3.8, 4) is 0 Å². The maximum atomic E-state index is 11.6. The van der Waals surface area contributed by atoms with Gasteiger partial charge in [-0.15, -0.1) is 0 Å². The molecule has 19 heavy (non-hydrogen) atoms. The normalized spacial score (nSPS) is 23.8. The van der Waals surface area contributed by atoms with Crippen LogP contribution in [-0.4, -0.2) is 41.4 Å². The van der Waals surface area contributed by atoms with E-state index in [4.69, 9.17) is 11.6 Å². The van der Waals surface area contributed by atoms with Crippen LogP contribution in [0.25, 0.3) is 0 Å². The van der Waals surface area contributed by atoms with Crippen LogP contribution >= 0.6 is 27.5 Å². The third kappa shape index (κ3) is 2.81. The van der Waals surface area contributed by atoms with E-state index in [0.29, 0.717) is 11.9 Å². The number of rotatable bonds is 2. The Balaban J connectivity index is 1.66. The maximum absolute atomic E-state index is 11.6. The standard InChI is InChI=1S/C14H16BrClN2O/c15-11-2-1-10(13(16)7-11)8-17-5-6-18-12(9-17)3-4-14(18)19/h1-2,7,12H,3-6,8-9H2. The maximum Gasteiger partial charge on any atom is 0.222 e. The SMILES string of the molecule is O=C1CCC2CN(Cc3ccc(Br)cc3Cl)CCN12. The number of nitrogens with zero attached hydrogens (tertiary/aromatic N) is 2. The van der Waals surface area contributed by atoms with Crippen LogP contribution in [0.2, 0.25) is 5.02 Å². The van der Waals surface area contributed by atoms with Crippen molar-refractivity contribution in [2.45, 2.75) is 25.4 Å². The summed E-state index contributed by atoms with van der Waals surface area (Å²) in [7, 11) is 0. The van der Waals surface area contributed by atoms with Crippen LogP contribution in [0.3, 0.4) is 0 Å². The number of benzene rings is 1. The van der Waals surface area contributed by atoms with Gasteiger partial charge in [-0.05, 0) is 24.1 Å². The van der Waals surface area contributed by atoms with Crippen molar-refractivity contribution in [1.82, 2.24) is 9.80 Å². The number of carbonyl (C=O) groups is 1. The third-order valence-corrected chi connectivity index (χ3v) is 4.83. The minimum absolute atomic E-state index is 0.325. The molecule has 2 heterocycles. The summed E-state index contributed by atoms with van der Waals surface area (Å²) < 4.78 is 1.01. The summed E-state index contributed by atoms with van der Waals surface area (Å²) in [6, 6.07) is 6.44. The summed E-state index contributed by atoms with van der Waals surface area (Å²) in [5, 5.41) is 0.805. The van der Waals surface area contributed by atoms with Crippen molar-refractivity contribution in [3.05, 3.63) is 33.3 Å². The van der Waals surface area contributed by atoms with Crippen molar-refractivity contribution >= 4 is 33.4 Å². The first kappa shape index (κ1) is 13.4. The Labute approximate surface area is 126 Å². The van der Waals surface area contributed by atoms with Crippen molar-refractivity contribution in [2.75, 3.05) is 19.6 Å². The lowest BCUT2D eigenvalue weighted by Gasteiger charge is -2.37. The second-order valence-corrected chi connectivity index (χ2v) is 6.57. The van der Waals surface area contributed by atoms with E-state index in [9.17, 15) is 4.79 Å². The number of carbonyl (C=O) groups excluding carboxylic acids is 1. The van der Waals surface area contributed by atoms with E-state index < -0.39 is 0 Å². The van der Waals surface area contributed by atoms with Gasteiger partial charge in [0.2, 0.25) is 5.91 Å². The van der Waals surface area contributed by atoms with E-state index in [0.717, 1.165) is 54.1 Å². The number of halogens is 2. The lowest BCUT2D eigenvalue weighted by Crippen LogP contribution is -2.50. The van der Waals surface area contributed by atoms with Gasteiger partial charge in [0, 0.05) is 48.1 Å². The first-order valence-electron chi connectivity index (χ1n) is 6.59. The van der Waals surface area contributed by atoms with Gasteiger partial charge in [0.05, 0.1) is 0 Å². The highest BCUT2D eigenvalue weighted by atomic mass is 79.9. The van der Waals surface area contributed by atoms with E-state index in [1.54, 1.807) is 0 Å². The molecule has 2 aliphatic heterocycles. The number of hydrogen-bond donors (Lipinski definition) is 0. The molecule has 1 aromatic rings. The molecule has 0 saturated carbocycles. The molecule has 0 aliphatic carbocycles. The number of amides is 1. The first-order valence-corrected chi connectivity index (χ1v) is 7.76. The molecular weight excluding hydrogens is 328 g/mol. The Kier molecular flexibility index (Phi) is 3.83. The fourth-order valence-corrected chi connectivity index (χ4v) is 3.70. The number of hydrogen-bond acceptors (Lipinski definition) is 2. The summed E-state index contributed by atoms with van der Waals surface area (Å²) >= 11 is 9.68. The lowest BCUT2D eigenvalue weighted by atomic mass is 10.1. The molecule has 0 radical (unpaired) electrons. The molecule has 3 nitrogen and oxygen atoms in total. The highest BCUT2D eigenvalue weighted by molar-refractivity contribution is 9.10. The molecule has 1 amide bonds. The molecule has 2 fully saturated rings. The minimum Gasteiger partial charge on any atom is -0.337 e. The fourth-order valence-electron chi connectivity index (χ4n) is 2.96. The summed E-state index contributed by atoms with van der Waals surface area (Å²) in [5.41, 5.74) is 1.16. The Morgan fingerprint density at radius 1 is 1.37 bits per heavy atom. The lowest BCUT2D eigenvalue weighted by molar-refractivity contribution is -0.130. The molecule has 1 aromatic carbocycles. The van der Waals surface area contributed by atoms with Crippen LogP contribution in [0.5, 0.6) is 0 Å². The second kappa shape index (κ2) is 5.43. The summed E-state index contributed by atoms with van der Waals surface area (Å²) in [6.45, 7) is 3.63. The smallest absolute Gasteiger partial charge is 0.222 e. The molecule has 0 spiro atoms. The van der Waals surface area contributed by atoms with E-state index in [2.05, 4.69) is 26.9 Å². The van der Waals surface area contributed by atoms with E-state index in [-0.39, 0.29) is 0 Å². The zero-order chi connectivity index (χ0) is 13.4. The molecule has 1 atom stereocenters. The highest BCUT2D eigenvalue weighted by Crippen LogP contribution is 2.26. The third-order valence-electron chi connectivity index (χ3n) is 3.99. The van der Waals surface area contributed by atoms with Crippen LogP contribution in [0.15, 0.2) is 22.7 Å². The highest BCUT2D eigenvalue weighted by Gasteiger charge is 2.35. The van der Waals surface area contributed by atoms with Gasteiger partial charge in [0.15, 0.2) is 0 Å². The van der Waals surface area contributed by atoms with Gasteiger partial charge in [-0.3, -0.25) is 9.69 Å². The molecular formula is C14H16BrClN2O. The van der Waals surface area contributed by atoms with Crippen LogP contribution < -0.4 is 0 Å². The quantitative estimate of drug-likeness (QED) is 0.824. The summed E-state index contributed by atoms with van der Waals surface area (Å²) in [6.07, 6.45) is 1.72. The zero-order valence-electron chi connectivity index (χ0n) is 10.6. The molecule has 2 aliphatic rings. The molecule has 2 saturated heterocycles. The first-order chi connectivity index (χ1) is 9.13. The molecule has 0 bridgehead atoms. The molecule has 102 valence electrons. The van der Waals surface area contributed by atoms with Gasteiger partial charge < -0.3 is 4.90 Å². The molecule has 5 heteroatoms. The Morgan fingerprint density at radius 2 is 2.21 bits per heavy atom.